The molecule has 0 aromatic heterocycles. The topological polar surface area (TPSA) is 0 Å². The second kappa shape index (κ2) is 2.46. The van der Waals surface area contributed by atoms with Gasteiger partial charge in [-0.15, -0.1) is 0 Å². The maximum absolute atomic E-state index is 3.13. The van der Waals surface area contributed by atoms with Gasteiger partial charge in [-0.1, -0.05) is 42.5 Å². The molecule has 0 atom stereocenters. The third kappa shape index (κ3) is 0.919. The van der Waals surface area contributed by atoms with Gasteiger partial charge >= 0.3 is 0 Å². The van der Waals surface area contributed by atoms with Crippen LogP contribution >= 0.6 is 0 Å². The molecule has 0 bridgehead atoms. The normalized spacial score (nSPS) is 12.3. The molecular formula is C13H9. The maximum atomic E-state index is 3.13. The van der Waals surface area contributed by atoms with Crippen LogP contribution in [0.15, 0.2) is 42.5 Å². The van der Waals surface area contributed by atoms with Crippen LogP contribution in [-0.2, 0) is 6.42 Å². The van der Waals surface area contributed by atoms with E-state index in [-0.39, 0.29) is 0 Å². The van der Waals surface area contributed by atoms with Crippen molar-refractivity contribution in [1.29, 1.82) is 0 Å². The summed E-state index contributed by atoms with van der Waals surface area (Å²) >= 11 is 0. The van der Waals surface area contributed by atoms with Crippen LogP contribution in [0.1, 0.15) is 11.1 Å². The van der Waals surface area contributed by atoms with E-state index in [2.05, 4.69) is 42.5 Å². The molecule has 1 radical (unpaired) electrons. The summed E-state index contributed by atoms with van der Waals surface area (Å²) in [6.07, 6.45) is 1.07. The van der Waals surface area contributed by atoms with Crippen LogP contribution in [0.5, 0.6) is 0 Å². The zero-order valence-corrected chi connectivity index (χ0v) is 7.25. The van der Waals surface area contributed by atoms with Gasteiger partial charge in [0.1, 0.15) is 0 Å². The standard InChI is InChI=1S/C13H9/c1-3-7-12-10(5-1)9-11-6-2-4-8-13(11)12/h1,3-8H,9H2. The Kier molecular flexibility index (Phi) is 1.31. The van der Waals surface area contributed by atoms with E-state index in [1.54, 1.807) is 0 Å². The van der Waals surface area contributed by atoms with Crippen molar-refractivity contribution >= 4 is 0 Å². The molecule has 0 fully saturated rings. The average molecular weight is 165 g/mol. The minimum atomic E-state index is 1.07. The summed E-state index contributed by atoms with van der Waals surface area (Å²) < 4.78 is 0. The van der Waals surface area contributed by atoms with Crippen molar-refractivity contribution in [2.45, 2.75) is 6.42 Å². The van der Waals surface area contributed by atoms with Gasteiger partial charge in [-0.25, -0.2) is 0 Å². The Labute approximate surface area is 77.8 Å². The van der Waals surface area contributed by atoms with Crippen LogP contribution in [0.2, 0.25) is 0 Å². The molecule has 0 spiro atoms. The Morgan fingerprint density at radius 2 is 1.77 bits per heavy atom. The molecule has 13 heavy (non-hydrogen) atoms. The first-order valence-corrected chi connectivity index (χ1v) is 4.52. The second-order valence-electron chi connectivity index (χ2n) is 3.42. The summed E-state index contributed by atoms with van der Waals surface area (Å²) in [6.45, 7) is 0. The van der Waals surface area contributed by atoms with E-state index in [9.17, 15) is 0 Å². The number of rotatable bonds is 0. The molecule has 0 unspecified atom stereocenters. The van der Waals surface area contributed by atoms with Gasteiger partial charge in [0.15, 0.2) is 0 Å². The van der Waals surface area contributed by atoms with Gasteiger partial charge in [0.2, 0.25) is 0 Å². The summed E-state index contributed by atoms with van der Waals surface area (Å²) in [6, 6.07) is 18.0. The zero-order valence-electron chi connectivity index (χ0n) is 7.25. The lowest BCUT2D eigenvalue weighted by Gasteiger charge is -1.97. The molecule has 0 aliphatic heterocycles. The number of hydrogen-bond acceptors (Lipinski definition) is 0. The summed E-state index contributed by atoms with van der Waals surface area (Å²) in [5.74, 6) is 0. The fourth-order valence-corrected chi connectivity index (χ4v) is 2.02. The van der Waals surface area contributed by atoms with Crippen LogP contribution in [0.3, 0.4) is 0 Å². The van der Waals surface area contributed by atoms with Crippen molar-refractivity contribution in [2.24, 2.45) is 0 Å². The molecule has 3 rings (SSSR count). The van der Waals surface area contributed by atoms with E-state index in [0.717, 1.165) is 6.42 Å². The first-order chi connectivity index (χ1) is 6.45. The van der Waals surface area contributed by atoms with Gasteiger partial charge in [-0.3, -0.25) is 0 Å². The van der Waals surface area contributed by atoms with Crippen LogP contribution in [0.4, 0.5) is 0 Å². The minimum absolute atomic E-state index is 1.07. The van der Waals surface area contributed by atoms with E-state index in [4.69, 9.17) is 0 Å². The summed E-state index contributed by atoms with van der Waals surface area (Å²) in [5.41, 5.74) is 5.63. The Bertz CT molecular complexity index is 412. The predicted molar refractivity (Wildman–Crippen MR) is 53.5 cm³/mol. The number of hydrogen-bond donors (Lipinski definition) is 0. The summed E-state index contributed by atoms with van der Waals surface area (Å²) in [4.78, 5) is 0. The van der Waals surface area contributed by atoms with Crippen molar-refractivity contribution in [3.8, 4) is 11.1 Å². The lowest BCUT2D eigenvalue weighted by Crippen LogP contribution is -1.77. The lowest BCUT2D eigenvalue weighted by atomic mass is 10.1. The maximum Gasteiger partial charge on any atom is -0.00132 e. The van der Waals surface area contributed by atoms with Crippen LogP contribution in [-0.4, -0.2) is 0 Å². The third-order valence-electron chi connectivity index (χ3n) is 2.64. The second-order valence-corrected chi connectivity index (χ2v) is 3.42. The molecule has 0 saturated heterocycles. The SMILES string of the molecule is [c]1ccc2c(c1)Cc1ccccc1-2. The van der Waals surface area contributed by atoms with E-state index >= 15 is 0 Å². The van der Waals surface area contributed by atoms with E-state index in [0.29, 0.717) is 0 Å². The molecule has 0 amide bonds. The number of fused-ring (bicyclic) bond motifs is 3. The molecule has 61 valence electrons. The van der Waals surface area contributed by atoms with Crippen LogP contribution < -0.4 is 0 Å². The highest BCUT2D eigenvalue weighted by molar-refractivity contribution is 5.76. The molecule has 0 heterocycles. The predicted octanol–water partition coefficient (Wildman–Crippen LogP) is 3.06. The van der Waals surface area contributed by atoms with E-state index in [1.165, 1.54) is 22.3 Å². The first kappa shape index (κ1) is 6.90. The number of benzene rings is 2. The molecule has 0 N–H and O–H groups in total. The highest BCUT2D eigenvalue weighted by Gasteiger charge is 2.15. The summed E-state index contributed by atoms with van der Waals surface area (Å²) in [5, 5.41) is 0. The Balaban J connectivity index is 2.32. The molecule has 0 saturated carbocycles. The molecule has 0 heteroatoms. The van der Waals surface area contributed by atoms with Crippen molar-refractivity contribution in [3.63, 3.8) is 0 Å². The van der Waals surface area contributed by atoms with Crippen LogP contribution in [0.25, 0.3) is 11.1 Å². The molecule has 2 aromatic rings. The highest BCUT2D eigenvalue weighted by Crippen LogP contribution is 2.35. The monoisotopic (exact) mass is 165 g/mol. The van der Waals surface area contributed by atoms with Gasteiger partial charge < -0.3 is 0 Å². The van der Waals surface area contributed by atoms with Gasteiger partial charge in [0, 0.05) is 0 Å². The van der Waals surface area contributed by atoms with Crippen molar-refractivity contribution < 1.29 is 0 Å². The molecule has 1 aliphatic carbocycles. The van der Waals surface area contributed by atoms with Crippen molar-refractivity contribution in [2.75, 3.05) is 0 Å². The smallest absolute Gasteiger partial charge is 0.00132 e. The molecular weight excluding hydrogens is 156 g/mol. The third-order valence-corrected chi connectivity index (χ3v) is 2.64. The zero-order chi connectivity index (χ0) is 8.67. The van der Waals surface area contributed by atoms with Gasteiger partial charge in [0.05, 0.1) is 0 Å². The van der Waals surface area contributed by atoms with E-state index < -0.39 is 0 Å². The Morgan fingerprint density at radius 3 is 2.77 bits per heavy atom. The fourth-order valence-electron chi connectivity index (χ4n) is 2.02. The molecule has 2 aromatic carbocycles. The molecule has 1 aliphatic rings. The van der Waals surface area contributed by atoms with Crippen molar-refractivity contribution in [3.05, 3.63) is 59.7 Å². The lowest BCUT2D eigenvalue weighted by molar-refractivity contribution is 1.26. The quantitative estimate of drug-likeness (QED) is 0.480. The average Bonchev–Trinajstić information content (AvgIpc) is 2.56. The summed E-state index contributed by atoms with van der Waals surface area (Å²) in [7, 11) is 0. The molecule has 0 nitrogen and oxygen atoms in total. The van der Waals surface area contributed by atoms with Gasteiger partial charge in [-0.05, 0) is 34.7 Å². The van der Waals surface area contributed by atoms with Gasteiger partial charge in [-0.2, -0.15) is 0 Å². The van der Waals surface area contributed by atoms with E-state index in [1.807, 2.05) is 6.07 Å². The largest absolute Gasteiger partial charge is 0.0619 e. The van der Waals surface area contributed by atoms with Gasteiger partial charge in [0.25, 0.3) is 0 Å². The Morgan fingerprint density at radius 1 is 0.923 bits per heavy atom. The fraction of sp³-hybridized carbons (Fsp3) is 0.0769. The van der Waals surface area contributed by atoms with Crippen molar-refractivity contribution in [1.82, 2.24) is 0 Å². The highest BCUT2D eigenvalue weighted by atomic mass is 14.2. The Hall–Kier alpha value is -1.56. The minimum Gasteiger partial charge on any atom is -0.0619 e. The first-order valence-electron chi connectivity index (χ1n) is 4.52. The van der Waals surface area contributed by atoms with Crippen LogP contribution in [0, 0.1) is 6.07 Å².